The fourth-order valence-corrected chi connectivity index (χ4v) is 5.19. The molecule has 3 heterocycles. The zero-order valence-electron chi connectivity index (χ0n) is 17.4. The minimum absolute atomic E-state index is 0.0432. The van der Waals surface area contributed by atoms with Gasteiger partial charge < -0.3 is 20.8 Å². The molecule has 31 heavy (non-hydrogen) atoms. The largest absolute Gasteiger partial charge is 0.396 e. The summed E-state index contributed by atoms with van der Waals surface area (Å²) in [5.41, 5.74) is 0.718. The molecule has 0 aromatic carbocycles. The average molecular weight is 462 g/mol. The molecule has 3 aromatic heterocycles. The third-order valence-corrected chi connectivity index (χ3v) is 7.19. The van der Waals surface area contributed by atoms with Crippen molar-refractivity contribution in [2.75, 3.05) is 18.5 Å². The van der Waals surface area contributed by atoms with Crippen molar-refractivity contribution in [2.45, 2.75) is 57.1 Å². The predicted molar refractivity (Wildman–Crippen MR) is 123 cm³/mol. The van der Waals surface area contributed by atoms with Crippen LogP contribution in [0.3, 0.4) is 0 Å². The van der Waals surface area contributed by atoms with Crippen molar-refractivity contribution in [1.82, 2.24) is 19.7 Å². The number of aliphatic hydroxyl groups excluding tert-OH is 1. The number of fused-ring (bicyclic) bond motifs is 1. The van der Waals surface area contributed by atoms with Gasteiger partial charge in [-0.1, -0.05) is 0 Å². The van der Waals surface area contributed by atoms with Crippen molar-refractivity contribution in [2.24, 2.45) is 0 Å². The normalized spacial score (nSPS) is 21.3. The van der Waals surface area contributed by atoms with Crippen LogP contribution >= 0.6 is 22.9 Å². The van der Waals surface area contributed by atoms with Gasteiger partial charge in [0.15, 0.2) is 0 Å². The van der Waals surface area contributed by atoms with Gasteiger partial charge in [0.05, 0.1) is 15.8 Å². The molecule has 4 rings (SSSR count). The number of carbonyl (C=O) groups excluding carboxylic acids is 1. The first-order valence-corrected chi connectivity index (χ1v) is 12.2. The number of nitrogens with one attached hydrogen (secondary N) is 2. The van der Waals surface area contributed by atoms with E-state index in [1.165, 1.54) is 11.5 Å². The monoisotopic (exact) mass is 461 g/mol. The number of aliphatic hydroxyl groups is 2. The molecule has 0 aliphatic heterocycles. The molecule has 1 amide bonds. The smallest absolute Gasteiger partial charge is 0.271 e. The van der Waals surface area contributed by atoms with E-state index in [4.69, 9.17) is 15.1 Å². The summed E-state index contributed by atoms with van der Waals surface area (Å²) in [5.74, 6) is 1.29. The van der Waals surface area contributed by atoms with Gasteiger partial charge in [0.2, 0.25) is 0 Å². The molecule has 10 heteroatoms. The van der Waals surface area contributed by atoms with Crippen LogP contribution in [0.15, 0.2) is 17.5 Å². The number of hydrogen-bond acceptors (Lipinski definition) is 9. The fourth-order valence-electron chi connectivity index (χ4n) is 3.70. The minimum Gasteiger partial charge on any atom is -0.396 e. The SMILES string of the molecule is CC1(O)CCC(Nc2nc(Cc3cc(C(=O)NCCCO)ns3)nc3ccsc23)CC1. The van der Waals surface area contributed by atoms with Gasteiger partial charge in [0.1, 0.15) is 17.3 Å². The van der Waals surface area contributed by atoms with E-state index in [0.29, 0.717) is 30.9 Å². The highest BCUT2D eigenvalue weighted by molar-refractivity contribution is 7.17. The first-order chi connectivity index (χ1) is 14.9. The average Bonchev–Trinajstić information content (AvgIpc) is 3.39. The van der Waals surface area contributed by atoms with Gasteiger partial charge in [-0.3, -0.25) is 4.79 Å². The van der Waals surface area contributed by atoms with E-state index in [9.17, 15) is 9.90 Å². The van der Waals surface area contributed by atoms with Crippen molar-refractivity contribution >= 4 is 44.8 Å². The number of hydrogen-bond donors (Lipinski definition) is 4. The number of rotatable bonds is 8. The molecule has 0 spiro atoms. The summed E-state index contributed by atoms with van der Waals surface area (Å²) in [6.45, 7) is 2.37. The highest BCUT2D eigenvalue weighted by Gasteiger charge is 2.29. The summed E-state index contributed by atoms with van der Waals surface area (Å²) in [6.07, 6.45) is 4.39. The van der Waals surface area contributed by atoms with Gasteiger partial charge in [-0.2, -0.15) is 4.37 Å². The molecular formula is C21H27N5O3S2. The second-order valence-electron chi connectivity index (χ2n) is 8.23. The standard InChI is InChI=1S/C21H27N5O3S2/c1-21(29)6-3-13(4-7-21)23-19-18-15(5-10-30-18)24-17(25-19)12-14-11-16(26-31-14)20(28)22-8-2-9-27/h5,10-11,13,27,29H,2-4,6-9,12H2,1H3,(H,22,28)(H,23,24,25). The third-order valence-electron chi connectivity index (χ3n) is 5.50. The second-order valence-corrected chi connectivity index (χ2v) is 10.0. The molecular weight excluding hydrogens is 434 g/mol. The summed E-state index contributed by atoms with van der Waals surface area (Å²) in [4.78, 5) is 22.5. The molecule has 1 saturated carbocycles. The Morgan fingerprint density at radius 3 is 2.90 bits per heavy atom. The van der Waals surface area contributed by atoms with Gasteiger partial charge in [-0.05, 0) is 68.1 Å². The molecule has 1 aliphatic carbocycles. The Bertz CT molecular complexity index is 1040. The van der Waals surface area contributed by atoms with Gasteiger partial charge >= 0.3 is 0 Å². The maximum absolute atomic E-state index is 12.1. The van der Waals surface area contributed by atoms with E-state index in [0.717, 1.165) is 46.6 Å². The van der Waals surface area contributed by atoms with Gasteiger partial charge in [-0.15, -0.1) is 11.3 Å². The maximum atomic E-state index is 12.1. The summed E-state index contributed by atoms with van der Waals surface area (Å²) in [7, 11) is 0. The van der Waals surface area contributed by atoms with Crippen LogP contribution in [-0.2, 0) is 6.42 Å². The van der Waals surface area contributed by atoms with Crippen LogP contribution in [-0.4, -0.2) is 55.3 Å². The molecule has 8 nitrogen and oxygen atoms in total. The number of thiophene rings is 1. The lowest BCUT2D eigenvalue weighted by atomic mass is 9.84. The van der Waals surface area contributed by atoms with E-state index in [1.807, 2.05) is 18.4 Å². The lowest BCUT2D eigenvalue weighted by molar-refractivity contribution is 0.0196. The van der Waals surface area contributed by atoms with E-state index in [1.54, 1.807) is 17.4 Å². The first kappa shape index (κ1) is 22.1. The lowest BCUT2D eigenvalue weighted by Gasteiger charge is -2.33. The summed E-state index contributed by atoms with van der Waals surface area (Å²) in [6, 6.07) is 4.05. The molecule has 3 aromatic rings. The summed E-state index contributed by atoms with van der Waals surface area (Å²) < 4.78 is 5.28. The predicted octanol–water partition coefficient (Wildman–Crippen LogP) is 2.96. The van der Waals surface area contributed by atoms with Crippen LogP contribution in [0, 0.1) is 0 Å². The van der Waals surface area contributed by atoms with Gasteiger partial charge in [0, 0.05) is 30.5 Å². The Hall–Kier alpha value is -2.14. The first-order valence-electron chi connectivity index (χ1n) is 10.5. The highest BCUT2D eigenvalue weighted by atomic mass is 32.1. The van der Waals surface area contributed by atoms with E-state index < -0.39 is 5.60 Å². The molecule has 4 N–H and O–H groups in total. The Kier molecular flexibility index (Phi) is 6.80. The van der Waals surface area contributed by atoms with E-state index >= 15 is 0 Å². The van der Waals surface area contributed by atoms with Crippen molar-refractivity contribution in [3.63, 3.8) is 0 Å². The zero-order chi connectivity index (χ0) is 21.8. The molecule has 0 bridgehead atoms. The van der Waals surface area contributed by atoms with Crippen LogP contribution in [0.5, 0.6) is 0 Å². The summed E-state index contributed by atoms with van der Waals surface area (Å²) in [5, 5.41) is 27.4. The number of anilines is 1. The molecule has 0 unspecified atom stereocenters. The Balaban J connectivity index is 1.47. The molecule has 1 aliphatic rings. The molecule has 0 saturated heterocycles. The molecule has 0 radical (unpaired) electrons. The van der Waals surface area contributed by atoms with E-state index in [2.05, 4.69) is 15.0 Å². The topological polar surface area (TPSA) is 120 Å². The molecule has 0 atom stereocenters. The summed E-state index contributed by atoms with van der Waals surface area (Å²) >= 11 is 2.89. The van der Waals surface area contributed by atoms with Crippen molar-refractivity contribution in [3.8, 4) is 0 Å². The quantitative estimate of drug-likeness (QED) is 0.381. The zero-order valence-corrected chi connectivity index (χ0v) is 19.1. The minimum atomic E-state index is -0.568. The van der Waals surface area contributed by atoms with Gasteiger partial charge in [0.25, 0.3) is 5.91 Å². The fraction of sp³-hybridized carbons (Fsp3) is 0.524. The number of amides is 1. The second kappa shape index (κ2) is 9.56. The van der Waals surface area contributed by atoms with Crippen LogP contribution in [0.2, 0.25) is 0 Å². The number of carbonyl (C=O) groups is 1. The Morgan fingerprint density at radius 2 is 2.13 bits per heavy atom. The van der Waals surface area contributed by atoms with Crippen molar-refractivity contribution in [1.29, 1.82) is 0 Å². The third kappa shape index (κ3) is 5.57. The molecule has 166 valence electrons. The maximum Gasteiger partial charge on any atom is 0.271 e. The van der Waals surface area contributed by atoms with E-state index in [-0.39, 0.29) is 18.6 Å². The van der Waals surface area contributed by atoms with Gasteiger partial charge in [-0.25, -0.2) is 9.97 Å². The Morgan fingerprint density at radius 1 is 1.32 bits per heavy atom. The van der Waals surface area contributed by atoms with Crippen molar-refractivity contribution in [3.05, 3.63) is 33.9 Å². The highest BCUT2D eigenvalue weighted by Crippen LogP contribution is 2.32. The number of nitrogens with zero attached hydrogens (tertiary/aromatic N) is 3. The lowest BCUT2D eigenvalue weighted by Crippen LogP contribution is -2.36. The van der Waals surface area contributed by atoms with Crippen LogP contribution in [0.1, 0.15) is 60.2 Å². The van der Waals surface area contributed by atoms with Crippen LogP contribution in [0.25, 0.3) is 10.2 Å². The molecule has 1 fully saturated rings. The Labute approximate surface area is 188 Å². The van der Waals surface area contributed by atoms with Crippen LogP contribution in [0.4, 0.5) is 5.82 Å². The van der Waals surface area contributed by atoms with Crippen LogP contribution < -0.4 is 10.6 Å². The number of aromatic nitrogens is 3. The van der Waals surface area contributed by atoms with Crippen molar-refractivity contribution < 1.29 is 15.0 Å².